The minimum absolute atomic E-state index is 0.432. The molecule has 96 valence electrons. The summed E-state index contributed by atoms with van der Waals surface area (Å²) >= 11 is 12.0. The number of nitrogen functional groups attached to an aromatic ring is 1. The molecule has 1 heterocycles. The van der Waals surface area contributed by atoms with E-state index in [1.807, 2.05) is 11.5 Å². The molecule has 0 aliphatic carbocycles. The lowest BCUT2D eigenvalue weighted by atomic mass is 10.1. The molecule has 1 aromatic carbocycles. The summed E-state index contributed by atoms with van der Waals surface area (Å²) in [6.07, 6.45) is 0.986. The van der Waals surface area contributed by atoms with E-state index in [9.17, 15) is 0 Å². The molecule has 2 rings (SSSR count). The number of hydrogen-bond donors (Lipinski definition) is 1. The number of aryl methyl sites for hydroxylation is 1. The molecule has 1 aromatic heterocycles. The van der Waals surface area contributed by atoms with Gasteiger partial charge in [0.1, 0.15) is 5.82 Å². The maximum absolute atomic E-state index is 6.04. The standard InChI is InChI=1S/C12H14Cl2N4/c1-3-4-18-7(2)16-17-12(18)9-5-8(13)6-10(14)11(9)15/h5-6H,3-4,15H2,1-2H3. The summed E-state index contributed by atoms with van der Waals surface area (Å²) in [6, 6.07) is 3.38. The molecule has 2 aromatic rings. The first kappa shape index (κ1) is 13.2. The van der Waals surface area contributed by atoms with E-state index in [0.717, 1.165) is 24.4 Å². The van der Waals surface area contributed by atoms with Crippen molar-refractivity contribution in [2.24, 2.45) is 0 Å². The summed E-state index contributed by atoms with van der Waals surface area (Å²) in [5, 5.41) is 9.21. The van der Waals surface area contributed by atoms with Gasteiger partial charge in [-0.15, -0.1) is 10.2 Å². The molecule has 0 fully saturated rings. The minimum Gasteiger partial charge on any atom is -0.397 e. The summed E-state index contributed by atoms with van der Waals surface area (Å²) in [7, 11) is 0. The lowest BCUT2D eigenvalue weighted by molar-refractivity contribution is 0.663. The fourth-order valence-corrected chi connectivity index (χ4v) is 2.33. The third kappa shape index (κ3) is 2.31. The molecular formula is C12H14Cl2N4. The monoisotopic (exact) mass is 284 g/mol. The topological polar surface area (TPSA) is 56.7 Å². The Labute approximate surface area is 116 Å². The molecule has 2 N–H and O–H groups in total. The molecule has 0 saturated heterocycles. The molecule has 0 radical (unpaired) electrons. The molecule has 0 amide bonds. The van der Waals surface area contributed by atoms with Crippen molar-refractivity contribution in [2.75, 3.05) is 5.73 Å². The van der Waals surface area contributed by atoms with Crippen LogP contribution in [0.3, 0.4) is 0 Å². The highest BCUT2D eigenvalue weighted by molar-refractivity contribution is 6.37. The molecule has 0 spiro atoms. The van der Waals surface area contributed by atoms with E-state index >= 15 is 0 Å². The van der Waals surface area contributed by atoms with Crippen molar-refractivity contribution in [1.82, 2.24) is 14.8 Å². The van der Waals surface area contributed by atoms with Crippen molar-refractivity contribution in [2.45, 2.75) is 26.8 Å². The van der Waals surface area contributed by atoms with Crippen LogP contribution in [-0.2, 0) is 6.54 Å². The zero-order valence-electron chi connectivity index (χ0n) is 10.2. The number of rotatable bonds is 3. The molecule has 0 aliphatic heterocycles. The van der Waals surface area contributed by atoms with Crippen molar-refractivity contribution < 1.29 is 0 Å². The molecule has 0 bridgehead atoms. The summed E-state index contributed by atoms with van der Waals surface area (Å²) in [5.41, 5.74) is 7.19. The number of hydrogen-bond acceptors (Lipinski definition) is 3. The fraction of sp³-hybridized carbons (Fsp3) is 0.333. The second kappa shape index (κ2) is 5.16. The van der Waals surface area contributed by atoms with Crippen LogP contribution >= 0.6 is 23.2 Å². The summed E-state index contributed by atoms with van der Waals surface area (Å²) in [4.78, 5) is 0. The Morgan fingerprint density at radius 3 is 2.67 bits per heavy atom. The summed E-state index contributed by atoms with van der Waals surface area (Å²) < 4.78 is 2.01. The fourth-order valence-electron chi connectivity index (χ4n) is 1.84. The smallest absolute Gasteiger partial charge is 0.166 e. The van der Waals surface area contributed by atoms with Crippen LogP contribution in [0.25, 0.3) is 11.4 Å². The van der Waals surface area contributed by atoms with E-state index in [1.165, 1.54) is 0 Å². The lowest BCUT2D eigenvalue weighted by Crippen LogP contribution is -2.04. The highest BCUT2D eigenvalue weighted by Gasteiger charge is 2.15. The number of aromatic nitrogens is 3. The van der Waals surface area contributed by atoms with Crippen LogP contribution in [-0.4, -0.2) is 14.8 Å². The average molecular weight is 285 g/mol. The molecule has 0 saturated carbocycles. The first-order chi connectivity index (χ1) is 8.54. The molecule has 6 heteroatoms. The second-order valence-electron chi connectivity index (χ2n) is 4.07. The van der Waals surface area contributed by atoms with Gasteiger partial charge in [0.15, 0.2) is 5.82 Å². The van der Waals surface area contributed by atoms with Gasteiger partial charge in [0, 0.05) is 17.1 Å². The van der Waals surface area contributed by atoms with Gasteiger partial charge in [-0.3, -0.25) is 0 Å². The van der Waals surface area contributed by atoms with Crippen molar-refractivity contribution >= 4 is 28.9 Å². The second-order valence-corrected chi connectivity index (χ2v) is 4.91. The SMILES string of the molecule is CCCn1c(C)nnc1-c1cc(Cl)cc(Cl)c1N. The predicted molar refractivity (Wildman–Crippen MR) is 74.9 cm³/mol. The first-order valence-electron chi connectivity index (χ1n) is 5.69. The average Bonchev–Trinajstić information content (AvgIpc) is 2.67. The van der Waals surface area contributed by atoms with E-state index in [2.05, 4.69) is 17.1 Å². The normalized spacial score (nSPS) is 10.9. The Balaban J connectivity index is 2.62. The van der Waals surface area contributed by atoms with Crippen molar-refractivity contribution in [3.05, 3.63) is 28.0 Å². The third-order valence-electron chi connectivity index (χ3n) is 2.72. The van der Waals surface area contributed by atoms with Crippen LogP contribution in [0.2, 0.25) is 10.0 Å². The molecular weight excluding hydrogens is 271 g/mol. The molecule has 4 nitrogen and oxygen atoms in total. The van der Waals surface area contributed by atoms with Crippen LogP contribution in [0.5, 0.6) is 0 Å². The largest absolute Gasteiger partial charge is 0.397 e. The van der Waals surface area contributed by atoms with Gasteiger partial charge in [-0.05, 0) is 25.5 Å². The van der Waals surface area contributed by atoms with Gasteiger partial charge in [-0.25, -0.2) is 0 Å². The summed E-state index contributed by atoms with van der Waals surface area (Å²) in [6.45, 7) is 4.84. The number of halogens is 2. The maximum Gasteiger partial charge on any atom is 0.166 e. The molecule has 18 heavy (non-hydrogen) atoms. The van der Waals surface area contributed by atoms with Crippen LogP contribution in [0.15, 0.2) is 12.1 Å². The van der Waals surface area contributed by atoms with Crippen LogP contribution < -0.4 is 5.73 Å². The molecule has 0 aliphatic rings. The lowest BCUT2D eigenvalue weighted by Gasteiger charge is -2.10. The van der Waals surface area contributed by atoms with Gasteiger partial charge >= 0.3 is 0 Å². The van der Waals surface area contributed by atoms with Gasteiger partial charge in [-0.1, -0.05) is 30.1 Å². The highest BCUT2D eigenvalue weighted by atomic mass is 35.5. The Hall–Kier alpha value is -1.26. The maximum atomic E-state index is 6.04. The van der Waals surface area contributed by atoms with Crippen molar-refractivity contribution in [1.29, 1.82) is 0 Å². The van der Waals surface area contributed by atoms with Crippen molar-refractivity contribution in [3.8, 4) is 11.4 Å². The predicted octanol–water partition coefficient (Wildman–Crippen LogP) is 3.55. The number of nitrogens with two attached hydrogens (primary N) is 1. The third-order valence-corrected chi connectivity index (χ3v) is 3.25. The van der Waals surface area contributed by atoms with Gasteiger partial charge in [0.05, 0.1) is 10.7 Å². The zero-order valence-corrected chi connectivity index (χ0v) is 11.8. The Morgan fingerprint density at radius 2 is 2.00 bits per heavy atom. The van der Waals surface area contributed by atoms with E-state index in [-0.39, 0.29) is 0 Å². The Kier molecular flexibility index (Phi) is 3.78. The highest BCUT2D eigenvalue weighted by Crippen LogP contribution is 2.34. The molecule has 0 atom stereocenters. The number of nitrogens with zero attached hydrogens (tertiary/aromatic N) is 3. The van der Waals surface area contributed by atoms with Crippen LogP contribution in [0.4, 0.5) is 5.69 Å². The Morgan fingerprint density at radius 1 is 1.28 bits per heavy atom. The van der Waals surface area contributed by atoms with Gasteiger partial charge in [-0.2, -0.15) is 0 Å². The quantitative estimate of drug-likeness (QED) is 0.877. The van der Waals surface area contributed by atoms with E-state index in [0.29, 0.717) is 21.6 Å². The van der Waals surface area contributed by atoms with Gasteiger partial charge in [0.2, 0.25) is 0 Å². The van der Waals surface area contributed by atoms with Gasteiger partial charge in [0.25, 0.3) is 0 Å². The first-order valence-corrected chi connectivity index (χ1v) is 6.45. The van der Waals surface area contributed by atoms with Gasteiger partial charge < -0.3 is 10.3 Å². The van der Waals surface area contributed by atoms with Crippen LogP contribution in [0, 0.1) is 6.92 Å². The van der Waals surface area contributed by atoms with E-state index in [4.69, 9.17) is 28.9 Å². The van der Waals surface area contributed by atoms with E-state index in [1.54, 1.807) is 12.1 Å². The van der Waals surface area contributed by atoms with Crippen LogP contribution in [0.1, 0.15) is 19.2 Å². The minimum atomic E-state index is 0.432. The Bertz CT molecular complexity index is 578. The van der Waals surface area contributed by atoms with Crippen molar-refractivity contribution in [3.63, 3.8) is 0 Å². The zero-order chi connectivity index (χ0) is 13.3. The number of benzene rings is 1. The summed E-state index contributed by atoms with van der Waals surface area (Å²) in [5.74, 6) is 1.55. The number of anilines is 1. The molecule has 0 unspecified atom stereocenters. The van der Waals surface area contributed by atoms with E-state index < -0.39 is 0 Å².